The van der Waals surface area contributed by atoms with Crippen molar-refractivity contribution in [2.45, 2.75) is 44.4 Å². The Morgan fingerprint density at radius 1 is 1.29 bits per heavy atom. The highest BCUT2D eigenvalue weighted by molar-refractivity contribution is 6.66. The molecule has 0 radical (unpaired) electrons. The van der Waals surface area contributed by atoms with Gasteiger partial charge in [0.05, 0.1) is 18.3 Å². The van der Waals surface area contributed by atoms with E-state index in [9.17, 15) is 0 Å². The number of halogens is 2. The Bertz CT molecular complexity index is 624. The number of fused-ring (bicyclic) bond motifs is 1. The van der Waals surface area contributed by atoms with Crippen LogP contribution in [-0.4, -0.2) is 25.4 Å². The quantitative estimate of drug-likeness (QED) is 0.488. The molecule has 114 valence electrons. The van der Waals surface area contributed by atoms with Crippen molar-refractivity contribution in [3.05, 3.63) is 22.7 Å². The molecule has 2 aliphatic heterocycles. The van der Waals surface area contributed by atoms with Crippen molar-refractivity contribution in [1.82, 2.24) is 5.43 Å². The van der Waals surface area contributed by atoms with E-state index in [1.807, 2.05) is 39.8 Å². The molecule has 0 aromatic heterocycles. The summed E-state index contributed by atoms with van der Waals surface area (Å²) in [6.45, 7) is 7.94. The van der Waals surface area contributed by atoms with Gasteiger partial charge in [0.2, 0.25) is 0 Å². The van der Waals surface area contributed by atoms with Gasteiger partial charge in [0, 0.05) is 23.1 Å². The lowest BCUT2D eigenvalue weighted by Gasteiger charge is -2.32. The summed E-state index contributed by atoms with van der Waals surface area (Å²) in [6.07, 6.45) is 0. The number of nitrogens with one attached hydrogen (secondary N) is 1. The second-order valence-electron chi connectivity index (χ2n) is 6.44. The van der Waals surface area contributed by atoms with Gasteiger partial charge in [0.15, 0.2) is 0 Å². The molecule has 1 saturated heterocycles. The van der Waals surface area contributed by atoms with E-state index in [0.29, 0.717) is 16.0 Å². The molecule has 3 rings (SSSR count). The summed E-state index contributed by atoms with van der Waals surface area (Å²) >= 11 is 12.8. The summed E-state index contributed by atoms with van der Waals surface area (Å²) in [5, 5.41) is 2.09. The Morgan fingerprint density at radius 2 is 1.86 bits per heavy atom. The lowest BCUT2D eigenvalue weighted by Crippen LogP contribution is -2.41. The zero-order chi connectivity index (χ0) is 16.5. The Hall–Kier alpha value is -0.455. The molecule has 0 saturated carbocycles. The van der Waals surface area contributed by atoms with Gasteiger partial charge in [-0.15, -0.1) is 0 Å². The van der Waals surface area contributed by atoms with E-state index in [1.54, 1.807) is 12.1 Å². The molecule has 0 aliphatic carbocycles. The van der Waals surface area contributed by atoms with Gasteiger partial charge in [0.25, 0.3) is 0 Å². The highest BCUT2D eigenvalue weighted by Gasteiger charge is 2.52. The van der Waals surface area contributed by atoms with Crippen LogP contribution in [-0.2, 0) is 9.31 Å². The van der Waals surface area contributed by atoms with Gasteiger partial charge in [-0.05, 0) is 33.8 Å². The third kappa shape index (κ3) is 2.26. The number of nitrogens with zero attached hydrogens (tertiary/aromatic N) is 1. The largest absolute Gasteiger partial charge is 0.496 e. The molecule has 0 amide bonds. The number of hydrazine groups is 1. The van der Waals surface area contributed by atoms with Crippen molar-refractivity contribution in [3.63, 3.8) is 0 Å². The summed E-state index contributed by atoms with van der Waals surface area (Å²) < 4.78 is 20.3. The highest BCUT2D eigenvalue weighted by Crippen LogP contribution is 2.41. The van der Waals surface area contributed by atoms with Crippen molar-refractivity contribution >= 4 is 41.5 Å². The van der Waals surface area contributed by atoms with E-state index >= 15 is 0 Å². The number of rotatable bonds is 1. The molecule has 1 unspecified atom stereocenters. The van der Waals surface area contributed by atoms with Gasteiger partial charge in [0.1, 0.15) is 5.48 Å². The fourth-order valence-electron chi connectivity index (χ4n) is 2.49. The van der Waals surface area contributed by atoms with E-state index in [-0.39, 0.29) is 0 Å². The monoisotopic (exact) mass is 329 g/mol. The summed E-state index contributed by atoms with van der Waals surface area (Å²) in [5.41, 5.74) is 2.43. The zero-order valence-corrected chi connectivity index (χ0v) is 14.3. The predicted molar refractivity (Wildman–Crippen MR) is 87.3 cm³/mol. The molecule has 7 heteroatoms. The number of alkyl halides is 1. The predicted octanol–water partition coefficient (Wildman–Crippen LogP) is 2.83. The minimum Gasteiger partial charge on any atom is -0.399 e. The first-order valence-corrected chi connectivity index (χ1v) is 7.61. The smallest absolute Gasteiger partial charge is 0.399 e. The Kier molecular flexibility index (Phi) is 3.21. The summed E-state index contributed by atoms with van der Waals surface area (Å²) in [4.78, 5) is 0. The van der Waals surface area contributed by atoms with Crippen LogP contribution in [0.1, 0.15) is 40.1 Å². The highest BCUT2D eigenvalue weighted by atomic mass is 35.5. The van der Waals surface area contributed by atoms with Gasteiger partial charge in [-0.3, -0.25) is 0 Å². The number of anilines is 1. The van der Waals surface area contributed by atoms with Crippen LogP contribution in [0.5, 0.6) is 0 Å². The van der Waals surface area contributed by atoms with Crippen molar-refractivity contribution < 1.29 is 10.7 Å². The van der Waals surface area contributed by atoms with Crippen molar-refractivity contribution in [3.8, 4) is 0 Å². The maximum Gasteiger partial charge on any atom is 0.496 e. The van der Waals surface area contributed by atoms with Crippen LogP contribution >= 0.6 is 23.2 Å². The van der Waals surface area contributed by atoms with Gasteiger partial charge in [-0.25, -0.2) is 5.43 Å². The van der Waals surface area contributed by atoms with Crippen LogP contribution < -0.4 is 15.9 Å². The molecule has 1 aromatic carbocycles. The molecule has 2 heterocycles. The average molecular weight is 330 g/mol. The van der Waals surface area contributed by atoms with Gasteiger partial charge < -0.3 is 14.3 Å². The zero-order valence-electron chi connectivity index (χ0n) is 13.8. The summed E-state index contributed by atoms with van der Waals surface area (Å²) in [7, 11) is 1.21. The Labute approximate surface area is 137 Å². The first-order valence-electron chi connectivity index (χ1n) is 7.35. The Morgan fingerprint density at radius 3 is 2.43 bits per heavy atom. The van der Waals surface area contributed by atoms with Crippen molar-refractivity contribution in [1.29, 1.82) is 0 Å². The molecule has 21 heavy (non-hydrogen) atoms. The van der Waals surface area contributed by atoms with E-state index in [2.05, 4.69) is 5.43 Å². The first kappa shape index (κ1) is 14.2. The van der Waals surface area contributed by atoms with Crippen LogP contribution in [0.25, 0.3) is 0 Å². The lowest BCUT2D eigenvalue weighted by atomic mass is 9.78. The Balaban J connectivity index is 2.06. The average Bonchev–Trinajstić information content (AvgIpc) is 2.70. The number of hydrogen-bond acceptors (Lipinski definition) is 4. The second-order valence-corrected chi connectivity index (χ2v) is 7.19. The molecule has 1 fully saturated rings. The third-order valence-corrected chi connectivity index (χ3v) is 5.18. The van der Waals surface area contributed by atoms with E-state index in [1.165, 1.54) is 0 Å². The van der Waals surface area contributed by atoms with Crippen LogP contribution in [0, 0.1) is 0 Å². The van der Waals surface area contributed by atoms with Crippen molar-refractivity contribution in [2.75, 3.05) is 12.1 Å². The van der Waals surface area contributed by atoms with Crippen LogP contribution in [0.4, 0.5) is 5.69 Å². The van der Waals surface area contributed by atoms with Crippen molar-refractivity contribution in [2.24, 2.45) is 0 Å². The fourth-order valence-corrected chi connectivity index (χ4v) is 3.20. The van der Waals surface area contributed by atoms with Gasteiger partial charge >= 0.3 is 7.12 Å². The van der Waals surface area contributed by atoms with Gasteiger partial charge in [-0.2, -0.15) is 0 Å². The maximum absolute atomic E-state index is 8.21. The molecule has 4 nitrogen and oxygen atoms in total. The minimum atomic E-state index is -1.50. The molecule has 2 aliphatic rings. The first-order chi connectivity index (χ1) is 9.96. The maximum atomic E-state index is 8.21. The number of hydrogen-bond donors (Lipinski definition) is 1. The lowest BCUT2D eigenvalue weighted by molar-refractivity contribution is 0.00578. The molecule has 0 bridgehead atoms. The van der Waals surface area contributed by atoms with E-state index < -0.39 is 23.8 Å². The third-order valence-electron chi connectivity index (χ3n) is 4.50. The minimum absolute atomic E-state index is 0.401. The molecule has 1 aromatic rings. The fraction of sp³-hybridized carbons (Fsp3) is 0.571. The topological polar surface area (TPSA) is 33.7 Å². The van der Waals surface area contributed by atoms with Crippen LogP contribution in [0.3, 0.4) is 0 Å². The number of benzene rings is 1. The molecule has 1 atom stereocenters. The SMILES string of the molecule is [2H]C1(Cl)NN(C)c2ccc(B3OC(C)(C)C(C)(C)O3)c(Cl)c21. The molecule has 1 N–H and O–H groups in total. The van der Waals surface area contributed by atoms with Crippen LogP contribution in [0.2, 0.25) is 5.02 Å². The normalized spacial score (nSPS) is 30.5. The standard InChI is InChI=1S/C14H19BCl2N2O2/c1-13(2)14(3,4)21-15(20-13)8-6-7-9-10(11(8)16)12(17)18-19(9)5/h6-7,12,18H,1-5H3/i12D. The summed E-state index contributed by atoms with van der Waals surface area (Å²) in [6, 6.07) is 3.73. The van der Waals surface area contributed by atoms with Crippen LogP contribution in [0.15, 0.2) is 12.1 Å². The second kappa shape index (κ2) is 4.77. The van der Waals surface area contributed by atoms with E-state index in [4.69, 9.17) is 33.9 Å². The molecular weight excluding hydrogens is 310 g/mol. The van der Waals surface area contributed by atoms with Gasteiger partial charge in [-0.1, -0.05) is 29.3 Å². The summed E-state index contributed by atoms with van der Waals surface area (Å²) in [5.74, 6) is 0. The molecule has 0 spiro atoms. The molecular formula is C14H19BCl2N2O2. The van der Waals surface area contributed by atoms with E-state index in [0.717, 1.165) is 5.69 Å².